The molecule has 3 heteroatoms. The molecule has 1 heterocycles. The first-order valence-electron chi connectivity index (χ1n) is 6.71. The fourth-order valence-electron chi connectivity index (χ4n) is 2.47. The summed E-state index contributed by atoms with van der Waals surface area (Å²) < 4.78 is 5.17. The van der Waals surface area contributed by atoms with Crippen LogP contribution in [0.15, 0.2) is 30.3 Å². The molecule has 0 bridgehead atoms. The van der Waals surface area contributed by atoms with E-state index in [1.54, 1.807) is 0 Å². The summed E-state index contributed by atoms with van der Waals surface area (Å²) in [4.78, 5) is 13.7. The lowest BCUT2D eigenvalue weighted by atomic mass is 9.89. The van der Waals surface area contributed by atoms with Crippen molar-refractivity contribution in [3.8, 4) is 0 Å². The Bertz CT molecular complexity index is 369. The first-order valence-corrected chi connectivity index (χ1v) is 6.71. The standard InChI is InChI=1S/C15H21NO2/c1-2-18-12-15(17)16-10-8-14(9-11-16)13-6-4-3-5-7-13/h3-7,14H,2,8-12H2,1H3. The molecule has 1 saturated heterocycles. The highest BCUT2D eigenvalue weighted by Gasteiger charge is 2.23. The van der Waals surface area contributed by atoms with Crippen molar-refractivity contribution in [3.63, 3.8) is 0 Å². The summed E-state index contributed by atoms with van der Waals surface area (Å²) in [5, 5.41) is 0. The molecule has 1 aliphatic rings. The van der Waals surface area contributed by atoms with Crippen LogP contribution in [0.25, 0.3) is 0 Å². The van der Waals surface area contributed by atoms with Crippen molar-refractivity contribution in [2.45, 2.75) is 25.7 Å². The highest BCUT2D eigenvalue weighted by molar-refractivity contribution is 5.77. The molecular formula is C15H21NO2. The lowest BCUT2D eigenvalue weighted by molar-refractivity contribution is -0.137. The summed E-state index contributed by atoms with van der Waals surface area (Å²) in [7, 11) is 0. The number of hydrogen-bond donors (Lipinski definition) is 0. The molecule has 1 fully saturated rings. The minimum Gasteiger partial charge on any atom is -0.372 e. The van der Waals surface area contributed by atoms with Crippen molar-refractivity contribution >= 4 is 5.91 Å². The van der Waals surface area contributed by atoms with E-state index in [2.05, 4.69) is 24.3 Å². The van der Waals surface area contributed by atoms with Crippen LogP contribution in [-0.2, 0) is 9.53 Å². The van der Waals surface area contributed by atoms with Crippen LogP contribution in [0.2, 0.25) is 0 Å². The van der Waals surface area contributed by atoms with E-state index in [0.717, 1.165) is 25.9 Å². The molecule has 0 aromatic heterocycles. The summed E-state index contributed by atoms with van der Waals surface area (Å²) in [6.45, 7) is 4.45. The van der Waals surface area contributed by atoms with Gasteiger partial charge in [0.2, 0.25) is 5.91 Å². The molecule has 98 valence electrons. The summed E-state index contributed by atoms with van der Waals surface area (Å²) in [5.74, 6) is 0.728. The fraction of sp³-hybridized carbons (Fsp3) is 0.533. The van der Waals surface area contributed by atoms with Gasteiger partial charge in [0, 0.05) is 19.7 Å². The second-order valence-corrected chi connectivity index (χ2v) is 4.70. The topological polar surface area (TPSA) is 29.5 Å². The number of ether oxygens (including phenoxy) is 1. The Balaban J connectivity index is 1.83. The van der Waals surface area contributed by atoms with Gasteiger partial charge in [-0.05, 0) is 31.2 Å². The third kappa shape index (κ3) is 3.33. The molecule has 1 amide bonds. The van der Waals surface area contributed by atoms with E-state index in [-0.39, 0.29) is 12.5 Å². The smallest absolute Gasteiger partial charge is 0.248 e. The highest BCUT2D eigenvalue weighted by atomic mass is 16.5. The van der Waals surface area contributed by atoms with Gasteiger partial charge in [-0.2, -0.15) is 0 Å². The molecular weight excluding hydrogens is 226 g/mol. The van der Waals surface area contributed by atoms with Gasteiger partial charge in [0.1, 0.15) is 6.61 Å². The molecule has 1 aromatic carbocycles. The van der Waals surface area contributed by atoms with Gasteiger partial charge in [-0.1, -0.05) is 30.3 Å². The minimum absolute atomic E-state index is 0.128. The van der Waals surface area contributed by atoms with E-state index < -0.39 is 0 Å². The molecule has 3 nitrogen and oxygen atoms in total. The number of benzene rings is 1. The first-order chi connectivity index (χ1) is 8.81. The van der Waals surface area contributed by atoms with Gasteiger partial charge in [0.15, 0.2) is 0 Å². The predicted octanol–water partition coefficient (Wildman–Crippen LogP) is 2.43. The SMILES string of the molecule is CCOCC(=O)N1CCC(c2ccccc2)CC1. The van der Waals surface area contributed by atoms with Crippen molar-refractivity contribution in [3.05, 3.63) is 35.9 Å². The Hall–Kier alpha value is -1.35. The molecule has 0 N–H and O–H groups in total. The maximum atomic E-state index is 11.8. The van der Waals surface area contributed by atoms with Crippen molar-refractivity contribution in [2.75, 3.05) is 26.3 Å². The van der Waals surface area contributed by atoms with Crippen LogP contribution >= 0.6 is 0 Å². The second-order valence-electron chi connectivity index (χ2n) is 4.70. The third-order valence-electron chi connectivity index (χ3n) is 3.55. The van der Waals surface area contributed by atoms with E-state index >= 15 is 0 Å². The Morgan fingerprint density at radius 3 is 2.56 bits per heavy atom. The first kappa shape index (κ1) is 13.1. The van der Waals surface area contributed by atoms with Crippen molar-refractivity contribution < 1.29 is 9.53 Å². The maximum absolute atomic E-state index is 11.8. The largest absolute Gasteiger partial charge is 0.372 e. The number of nitrogens with zero attached hydrogens (tertiary/aromatic N) is 1. The lowest BCUT2D eigenvalue weighted by Gasteiger charge is -2.32. The van der Waals surface area contributed by atoms with Crippen molar-refractivity contribution in [1.82, 2.24) is 4.90 Å². The van der Waals surface area contributed by atoms with Gasteiger partial charge in [-0.15, -0.1) is 0 Å². The lowest BCUT2D eigenvalue weighted by Crippen LogP contribution is -2.39. The zero-order valence-electron chi connectivity index (χ0n) is 11.0. The van der Waals surface area contributed by atoms with Gasteiger partial charge < -0.3 is 9.64 Å². The quantitative estimate of drug-likeness (QED) is 0.818. The van der Waals surface area contributed by atoms with E-state index in [9.17, 15) is 4.79 Å². The normalized spacial score (nSPS) is 16.8. The molecule has 0 saturated carbocycles. The van der Waals surface area contributed by atoms with Crippen molar-refractivity contribution in [1.29, 1.82) is 0 Å². The molecule has 0 unspecified atom stereocenters. The molecule has 1 aromatic rings. The summed E-state index contributed by atoms with van der Waals surface area (Å²) in [5.41, 5.74) is 1.40. The third-order valence-corrected chi connectivity index (χ3v) is 3.55. The van der Waals surface area contributed by atoms with Crippen molar-refractivity contribution in [2.24, 2.45) is 0 Å². The monoisotopic (exact) mass is 247 g/mol. The molecule has 2 rings (SSSR count). The van der Waals surface area contributed by atoms with E-state index in [1.165, 1.54) is 5.56 Å². The fourth-order valence-corrected chi connectivity index (χ4v) is 2.47. The summed E-state index contributed by atoms with van der Waals surface area (Å²) in [6.07, 6.45) is 2.11. The number of likely N-dealkylation sites (tertiary alicyclic amines) is 1. The molecule has 1 aliphatic heterocycles. The second kappa shape index (κ2) is 6.55. The average molecular weight is 247 g/mol. The van der Waals surface area contributed by atoms with Gasteiger partial charge >= 0.3 is 0 Å². The predicted molar refractivity (Wildman–Crippen MR) is 71.5 cm³/mol. The van der Waals surface area contributed by atoms with E-state index in [0.29, 0.717) is 12.5 Å². The average Bonchev–Trinajstić information content (AvgIpc) is 2.46. The van der Waals surface area contributed by atoms with Crippen LogP contribution in [0.1, 0.15) is 31.2 Å². The Morgan fingerprint density at radius 1 is 1.28 bits per heavy atom. The van der Waals surface area contributed by atoms with Gasteiger partial charge in [-0.25, -0.2) is 0 Å². The Morgan fingerprint density at radius 2 is 1.94 bits per heavy atom. The Kier molecular flexibility index (Phi) is 4.76. The highest BCUT2D eigenvalue weighted by Crippen LogP contribution is 2.27. The Labute approximate surface area is 109 Å². The van der Waals surface area contributed by atoms with Crippen LogP contribution in [0.5, 0.6) is 0 Å². The molecule has 0 atom stereocenters. The molecule has 0 spiro atoms. The van der Waals surface area contributed by atoms with E-state index in [4.69, 9.17) is 4.74 Å². The maximum Gasteiger partial charge on any atom is 0.248 e. The number of amides is 1. The number of piperidine rings is 1. The van der Waals surface area contributed by atoms with Crippen LogP contribution in [-0.4, -0.2) is 37.1 Å². The summed E-state index contributed by atoms with van der Waals surface area (Å²) >= 11 is 0. The number of carbonyl (C=O) groups is 1. The molecule has 0 radical (unpaired) electrons. The van der Waals surface area contributed by atoms with Gasteiger partial charge in [-0.3, -0.25) is 4.79 Å². The number of rotatable bonds is 4. The summed E-state index contributed by atoms with van der Waals surface area (Å²) in [6, 6.07) is 10.6. The zero-order valence-corrected chi connectivity index (χ0v) is 11.0. The molecule has 18 heavy (non-hydrogen) atoms. The van der Waals surface area contributed by atoms with Gasteiger partial charge in [0.25, 0.3) is 0 Å². The van der Waals surface area contributed by atoms with E-state index in [1.807, 2.05) is 17.9 Å². The van der Waals surface area contributed by atoms with Crippen LogP contribution in [0, 0.1) is 0 Å². The minimum atomic E-state index is 0.128. The van der Waals surface area contributed by atoms with Crippen LogP contribution in [0.4, 0.5) is 0 Å². The molecule has 0 aliphatic carbocycles. The number of hydrogen-bond acceptors (Lipinski definition) is 2. The van der Waals surface area contributed by atoms with Crippen LogP contribution < -0.4 is 0 Å². The van der Waals surface area contributed by atoms with Crippen LogP contribution in [0.3, 0.4) is 0 Å². The van der Waals surface area contributed by atoms with Gasteiger partial charge in [0.05, 0.1) is 0 Å². The number of carbonyl (C=O) groups excluding carboxylic acids is 1. The zero-order chi connectivity index (χ0) is 12.8.